The molecule has 144 valence electrons. The number of carbonyl (C=O) groups is 2. The Bertz CT molecular complexity index is 735. The monoisotopic (exact) mass is 380 g/mol. The molecule has 0 radical (unpaired) electrons. The van der Waals surface area contributed by atoms with E-state index in [1.807, 2.05) is 7.05 Å². The van der Waals surface area contributed by atoms with Gasteiger partial charge in [-0.05, 0) is 38.3 Å². The number of ketones is 1. The van der Waals surface area contributed by atoms with Crippen LogP contribution in [0.4, 0.5) is 0 Å². The molecule has 1 aromatic carbocycles. The lowest BCUT2D eigenvalue weighted by Gasteiger charge is -2.32. The van der Waals surface area contributed by atoms with Crippen molar-refractivity contribution in [3.8, 4) is 0 Å². The van der Waals surface area contributed by atoms with Crippen LogP contribution in [0.5, 0.6) is 0 Å². The third kappa shape index (κ3) is 4.71. The molecule has 2 rings (SSSR count). The lowest BCUT2D eigenvalue weighted by atomic mass is 9.96. The molecule has 1 aliphatic rings. The molecule has 1 fully saturated rings. The zero-order chi connectivity index (χ0) is 19.3. The summed E-state index contributed by atoms with van der Waals surface area (Å²) >= 11 is 0. The van der Waals surface area contributed by atoms with Gasteiger partial charge in [-0.15, -0.1) is 0 Å². The summed E-state index contributed by atoms with van der Waals surface area (Å²) in [5, 5.41) is 0. The maximum atomic E-state index is 12.8. The van der Waals surface area contributed by atoms with Gasteiger partial charge in [0.05, 0.1) is 4.90 Å². The molecule has 0 unspecified atom stereocenters. The van der Waals surface area contributed by atoms with Gasteiger partial charge in [-0.2, -0.15) is 4.31 Å². The molecule has 26 heavy (non-hydrogen) atoms. The van der Waals surface area contributed by atoms with Crippen molar-refractivity contribution in [1.29, 1.82) is 0 Å². The average molecular weight is 381 g/mol. The van der Waals surface area contributed by atoms with E-state index < -0.39 is 10.0 Å². The van der Waals surface area contributed by atoms with Gasteiger partial charge in [-0.3, -0.25) is 9.59 Å². The molecule has 6 nitrogen and oxygen atoms in total. The Morgan fingerprint density at radius 2 is 1.73 bits per heavy atom. The van der Waals surface area contributed by atoms with Crippen LogP contribution in [0.2, 0.25) is 0 Å². The Morgan fingerprint density at radius 3 is 2.23 bits per heavy atom. The van der Waals surface area contributed by atoms with E-state index in [1.54, 1.807) is 4.90 Å². The number of rotatable bonds is 7. The van der Waals surface area contributed by atoms with E-state index in [4.69, 9.17) is 0 Å². The molecule has 0 N–H and O–H groups in total. The van der Waals surface area contributed by atoms with Crippen molar-refractivity contribution < 1.29 is 18.0 Å². The number of amides is 1. The third-order valence-electron chi connectivity index (χ3n) is 4.93. The second kappa shape index (κ2) is 8.77. The molecule has 0 spiro atoms. The summed E-state index contributed by atoms with van der Waals surface area (Å²) < 4.78 is 27.0. The molecule has 0 aromatic heterocycles. The fraction of sp³-hybridized carbons (Fsp3) is 0.579. The first-order valence-electron chi connectivity index (χ1n) is 9.13. The number of carbonyl (C=O) groups excluding carboxylic acids is 2. The molecule has 0 atom stereocenters. The number of unbranched alkanes of at least 4 members (excludes halogenated alkanes) is 1. The van der Waals surface area contributed by atoms with Gasteiger partial charge < -0.3 is 4.90 Å². The second-order valence-corrected chi connectivity index (χ2v) is 8.81. The Labute approximate surface area is 156 Å². The van der Waals surface area contributed by atoms with Crippen LogP contribution in [0.1, 0.15) is 49.9 Å². The van der Waals surface area contributed by atoms with Crippen molar-refractivity contribution in [1.82, 2.24) is 9.21 Å². The topological polar surface area (TPSA) is 74.8 Å². The Hall–Kier alpha value is -1.73. The number of benzene rings is 1. The summed E-state index contributed by atoms with van der Waals surface area (Å²) in [6.07, 6.45) is 3.10. The van der Waals surface area contributed by atoms with E-state index in [0.29, 0.717) is 31.5 Å². The van der Waals surface area contributed by atoms with Crippen LogP contribution in [0.15, 0.2) is 29.2 Å². The van der Waals surface area contributed by atoms with E-state index in [9.17, 15) is 18.0 Å². The van der Waals surface area contributed by atoms with E-state index in [0.717, 1.165) is 19.4 Å². The van der Waals surface area contributed by atoms with Gasteiger partial charge in [0.2, 0.25) is 15.9 Å². The molecule has 1 aromatic rings. The highest BCUT2D eigenvalue weighted by Gasteiger charge is 2.33. The van der Waals surface area contributed by atoms with Crippen LogP contribution >= 0.6 is 0 Å². The van der Waals surface area contributed by atoms with Crippen LogP contribution in [-0.2, 0) is 14.8 Å². The fourth-order valence-electron chi connectivity index (χ4n) is 3.17. The first-order valence-corrected chi connectivity index (χ1v) is 10.6. The summed E-state index contributed by atoms with van der Waals surface area (Å²) in [6.45, 7) is 4.97. The first kappa shape index (κ1) is 20.6. The predicted molar refractivity (Wildman–Crippen MR) is 100 cm³/mol. The fourth-order valence-corrected chi connectivity index (χ4v) is 4.64. The van der Waals surface area contributed by atoms with Gasteiger partial charge in [0.25, 0.3) is 0 Å². The van der Waals surface area contributed by atoms with Crippen molar-refractivity contribution in [2.45, 2.75) is 44.4 Å². The summed E-state index contributed by atoms with van der Waals surface area (Å²) in [6, 6.07) is 6.02. The molecule has 1 aliphatic heterocycles. The van der Waals surface area contributed by atoms with E-state index >= 15 is 0 Å². The van der Waals surface area contributed by atoms with Crippen molar-refractivity contribution in [3.63, 3.8) is 0 Å². The summed E-state index contributed by atoms with van der Waals surface area (Å²) in [5.41, 5.74) is 0.489. The van der Waals surface area contributed by atoms with E-state index in [1.165, 1.54) is 35.5 Å². The van der Waals surface area contributed by atoms with Crippen molar-refractivity contribution in [2.24, 2.45) is 5.92 Å². The molecule has 7 heteroatoms. The molecule has 0 saturated carbocycles. The normalized spacial score (nSPS) is 16.4. The Morgan fingerprint density at radius 1 is 1.15 bits per heavy atom. The second-order valence-electron chi connectivity index (χ2n) is 6.87. The quantitative estimate of drug-likeness (QED) is 0.681. The number of piperidine rings is 1. The molecular formula is C19H28N2O4S. The van der Waals surface area contributed by atoms with E-state index in [2.05, 4.69) is 6.92 Å². The lowest BCUT2D eigenvalue weighted by molar-refractivity contribution is -0.135. The van der Waals surface area contributed by atoms with Crippen molar-refractivity contribution >= 4 is 21.7 Å². The molecule has 0 bridgehead atoms. The van der Waals surface area contributed by atoms with Gasteiger partial charge in [0, 0.05) is 38.2 Å². The number of hydrogen-bond donors (Lipinski definition) is 0. The lowest BCUT2D eigenvalue weighted by Crippen LogP contribution is -2.43. The SMILES string of the molecule is CCCCN(C)C(=O)C1CCN(S(=O)(=O)c2ccc(C(C)=O)cc2)CC1. The molecule has 1 heterocycles. The van der Waals surface area contributed by atoms with Crippen molar-refractivity contribution in [3.05, 3.63) is 29.8 Å². The smallest absolute Gasteiger partial charge is 0.243 e. The van der Waals surface area contributed by atoms with E-state index in [-0.39, 0.29) is 22.5 Å². The van der Waals surface area contributed by atoms with Gasteiger partial charge >= 0.3 is 0 Å². The number of sulfonamides is 1. The third-order valence-corrected chi connectivity index (χ3v) is 6.84. The van der Waals surface area contributed by atoms with Gasteiger partial charge in [-0.25, -0.2) is 8.42 Å². The van der Waals surface area contributed by atoms with Crippen LogP contribution in [0.25, 0.3) is 0 Å². The zero-order valence-corrected chi connectivity index (χ0v) is 16.6. The average Bonchev–Trinajstić information content (AvgIpc) is 2.65. The summed E-state index contributed by atoms with van der Waals surface area (Å²) in [4.78, 5) is 25.7. The number of hydrogen-bond acceptors (Lipinski definition) is 4. The standard InChI is InChI=1S/C19H28N2O4S/c1-4-5-12-20(3)19(23)17-10-13-21(14-11-17)26(24,25)18-8-6-16(7-9-18)15(2)22/h6-9,17H,4-5,10-14H2,1-3H3. The molecule has 0 aliphatic carbocycles. The highest BCUT2D eigenvalue weighted by Crippen LogP contribution is 2.25. The van der Waals surface area contributed by atoms with Crippen LogP contribution < -0.4 is 0 Å². The zero-order valence-electron chi connectivity index (χ0n) is 15.8. The highest BCUT2D eigenvalue weighted by atomic mass is 32.2. The number of nitrogens with zero attached hydrogens (tertiary/aromatic N) is 2. The Kier molecular flexibility index (Phi) is 6.94. The van der Waals surface area contributed by atoms with Crippen LogP contribution in [-0.4, -0.2) is 56.0 Å². The minimum atomic E-state index is -3.59. The molecular weight excluding hydrogens is 352 g/mol. The Balaban J connectivity index is 1.99. The molecule has 1 amide bonds. The summed E-state index contributed by atoms with van der Waals surface area (Å²) in [5.74, 6) is -0.0924. The van der Waals surface area contributed by atoms with Gasteiger partial charge in [-0.1, -0.05) is 25.5 Å². The van der Waals surface area contributed by atoms with Crippen LogP contribution in [0.3, 0.4) is 0 Å². The summed E-state index contributed by atoms with van der Waals surface area (Å²) in [7, 11) is -1.77. The highest BCUT2D eigenvalue weighted by molar-refractivity contribution is 7.89. The maximum Gasteiger partial charge on any atom is 0.243 e. The minimum Gasteiger partial charge on any atom is -0.346 e. The maximum absolute atomic E-state index is 12.8. The van der Waals surface area contributed by atoms with Crippen LogP contribution in [0, 0.1) is 5.92 Å². The minimum absolute atomic E-state index is 0.0968. The number of Topliss-reactive ketones (excluding diaryl/α,β-unsaturated/α-hetero) is 1. The van der Waals surface area contributed by atoms with Gasteiger partial charge in [0.1, 0.15) is 0 Å². The largest absolute Gasteiger partial charge is 0.346 e. The first-order chi connectivity index (χ1) is 12.3. The predicted octanol–water partition coefficient (Wildman–Crippen LogP) is 2.55. The van der Waals surface area contributed by atoms with Gasteiger partial charge in [0.15, 0.2) is 5.78 Å². The molecule has 1 saturated heterocycles. The van der Waals surface area contributed by atoms with Crippen molar-refractivity contribution in [2.75, 3.05) is 26.7 Å².